The molecule has 0 rings (SSSR count). The third-order valence-electron chi connectivity index (χ3n) is 0.929. The Hall–Kier alpha value is 0.920. The summed E-state index contributed by atoms with van der Waals surface area (Å²) >= 11 is 6.97. The number of rotatable bonds is 2. The van der Waals surface area contributed by atoms with E-state index in [0.717, 1.165) is 6.54 Å². The van der Waals surface area contributed by atoms with E-state index in [9.17, 15) is 0 Å². The molecule has 0 spiro atoms. The number of hydrogen-bond donors (Lipinski definition) is 1. The summed E-state index contributed by atoms with van der Waals surface area (Å²) < 4.78 is 0.0211. The Morgan fingerprint density at radius 1 is 1.10 bits per heavy atom. The van der Waals surface area contributed by atoms with Crippen LogP contribution in [0.15, 0.2) is 0 Å². The van der Waals surface area contributed by atoms with Crippen molar-refractivity contribution in [3.8, 4) is 0 Å². The van der Waals surface area contributed by atoms with Crippen LogP contribution in [0.2, 0.25) is 0 Å². The standard InChI is InChI=1S/C7H15Br2N/c1-6(2,3)10-5-7(4,8)9/h10H,5H2,1-4H3. The lowest BCUT2D eigenvalue weighted by atomic mass is 10.1. The van der Waals surface area contributed by atoms with Gasteiger partial charge in [-0.15, -0.1) is 0 Å². The average molecular weight is 273 g/mol. The second kappa shape index (κ2) is 3.55. The van der Waals surface area contributed by atoms with Crippen molar-refractivity contribution in [1.29, 1.82) is 0 Å². The zero-order chi connectivity index (χ0) is 8.41. The molecule has 0 amide bonds. The molecule has 0 bridgehead atoms. The van der Waals surface area contributed by atoms with Gasteiger partial charge < -0.3 is 5.32 Å². The fourth-order valence-electron chi connectivity index (χ4n) is 0.420. The van der Waals surface area contributed by atoms with Crippen molar-refractivity contribution in [2.45, 2.75) is 36.5 Å². The van der Waals surface area contributed by atoms with Crippen molar-refractivity contribution in [3.05, 3.63) is 0 Å². The zero-order valence-corrected chi connectivity index (χ0v) is 10.1. The first kappa shape index (κ1) is 10.9. The van der Waals surface area contributed by atoms with Gasteiger partial charge in [-0.25, -0.2) is 0 Å². The smallest absolute Gasteiger partial charge is 0.0901 e. The number of halogens is 2. The minimum absolute atomic E-state index is 0.0211. The summed E-state index contributed by atoms with van der Waals surface area (Å²) in [7, 11) is 0. The van der Waals surface area contributed by atoms with Gasteiger partial charge in [0.2, 0.25) is 0 Å². The van der Waals surface area contributed by atoms with Crippen LogP contribution < -0.4 is 5.32 Å². The van der Waals surface area contributed by atoms with Gasteiger partial charge in [0, 0.05) is 12.1 Å². The van der Waals surface area contributed by atoms with Crippen molar-refractivity contribution in [2.75, 3.05) is 6.54 Å². The topological polar surface area (TPSA) is 12.0 Å². The number of hydrogen-bond acceptors (Lipinski definition) is 1. The summed E-state index contributed by atoms with van der Waals surface area (Å²) in [5.74, 6) is 0. The van der Waals surface area contributed by atoms with Crippen LogP contribution in [0.1, 0.15) is 27.7 Å². The molecular formula is C7H15Br2N. The second-order valence-electron chi connectivity index (χ2n) is 3.67. The van der Waals surface area contributed by atoms with Gasteiger partial charge in [-0.2, -0.15) is 0 Å². The van der Waals surface area contributed by atoms with Crippen molar-refractivity contribution in [2.24, 2.45) is 0 Å². The second-order valence-corrected chi connectivity index (χ2v) is 8.24. The molecule has 1 nitrogen and oxygen atoms in total. The van der Waals surface area contributed by atoms with Crippen molar-refractivity contribution >= 4 is 31.9 Å². The molecule has 0 heterocycles. The van der Waals surface area contributed by atoms with Crippen LogP contribution in [-0.4, -0.2) is 15.3 Å². The summed E-state index contributed by atoms with van der Waals surface area (Å²) in [5, 5.41) is 3.37. The molecule has 10 heavy (non-hydrogen) atoms. The Morgan fingerprint density at radius 2 is 1.50 bits per heavy atom. The molecule has 3 heteroatoms. The Labute approximate surface area is 80.2 Å². The van der Waals surface area contributed by atoms with Gasteiger partial charge in [-0.3, -0.25) is 0 Å². The fraction of sp³-hybridized carbons (Fsp3) is 1.00. The van der Waals surface area contributed by atoms with Gasteiger partial charge in [0.25, 0.3) is 0 Å². The lowest BCUT2D eigenvalue weighted by Crippen LogP contribution is -2.41. The zero-order valence-electron chi connectivity index (χ0n) is 6.96. The SMILES string of the molecule is CC(Br)(Br)CNC(C)(C)C. The first-order chi connectivity index (χ1) is 4.21. The maximum absolute atomic E-state index is 3.49. The van der Waals surface area contributed by atoms with Crippen LogP contribution in [0.5, 0.6) is 0 Å². The molecule has 0 unspecified atom stereocenters. The van der Waals surface area contributed by atoms with Crippen LogP contribution in [-0.2, 0) is 0 Å². The van der Waals surface area contributed by atoms with E-state index in [4.69, 9.17) is 0 Å². The number of alkyl halides is 2. The molecular weight excluding hydrogens is 258 g/mol. The summed E-state index contributed by atoms with van der Waals surface area (Å²) in [6.45, 7) is 9.44. The molecule has 0 atom stereocenters. The van der Waals surface area contributed by atoms with Crippen molar-refractivity contribution < 1.29 is 0 Å². The van der Waals surface area contributed by atoms with E-state index < -0.39 is 0 Å². The van der Waals surface area contributed by atoms with Crippen LogP contribution in [0.4, 0.5) is 0 Å². The largest absolute Gasteiger partial charge is 0.310 e. The molecule has 0 aromatic heterocycles. The molecule has 0 aliphatic carbocycles. The minimum atomic E-state index is 0.0211. The lowest BCUT2D eigenvalue weighted by Gasteiger charge is -2.24. The van der Waals surface area contributed by atoms with Gasteiger partial charge in [0.1, 0.15) is 0 Å². The maximum atomic E-state index is 3.49. The molecule has 0 aromatic carbocycles. The van der Waals surface area contributed by atoms with E-state index in [0.29, 0.717) is 0 Å². The summed E-state index contributed by atoms with van der Waals surface area (Å²) in [6.07, 6.45) is 0. The van der Waals surface area contributed by atoms with Gasteiger partial charge >= 0.3 is 0 Å². The molecule has 0 fully saturated rings. The first-order valence-corrected chi connectivity index (χ1v) is 4.92. The summed E-state index contributed by atoms with van der Waals surface area (Å²) in [5.41, 5.74) is 0.197. The van der Waals surface area contributed by atoms with Crippen molar-refractivity contribution in [1.82, 2.24) is 5.32 Å². The molecule has 0 aliphatic rings. The Kier molecular flexibility index (Phi) is 3.87. The fourth-order valence-corrected chi connectivity index (χ4v) is 0.701. The van der Waals surface area contributed by atoms with E-state index in [1.54, 1.807) is 0 Å². The monoisotopic (exact) mass is 271 g/mol. The highest BCUT2D eigenvalue weighted by atomic mass is 79.9. The Morgan fingerprint density at radius 3 is 1.60 bits per heavy atom. The van der Waals surface area contributed by atoms with E-state index in [2.05, 4.69) is 64.9 Å². The first-order valence-electron chi connectivity index (χ1n) is 3.34. The van der Waals surface area contributed by atoms with E-state index in [-0.39, 0.29) is 8.77 Å². The molecule has 0 saturated heterocycles. The molecule has 0 radical (unpaired) electrons. The van der Waals surface area contributed by atoms with Gasteiger partial charge in [-0.1, -0.05) is 31.9 Å². The van der Waals surface area contributed by atoms with E-state index in [1.165, 1.54) is 0 Å². The van der Waals surface area contributed by atoms with Crippen LogP contribution in [0.25, 0.3) is 0 Å². The molecule has 1 N–H and O–H groups in total. The van der Waals surface area contributed by atoms with Gasteiger partial charge in [0.15, 0.2) is 0 Å². The van der Waals surface area contributed by atoms with E-state index >= 15 is 0 Å². The molecule has 0 saturated carbocycles. The van der Waals surface area contributed by atoms with Gasteiger partial charge in [-0.05, 0) is 27.7 Å². The van der Waals surface area contributed by atoms with E-state index in [1.807, 2.05) is 0 Å². The van der Waals surface area contributed by atoms with Gasteiger partial charge in [0.05, 0.1) is 3.23 Å². The predicted molar refractivity (Wildman–Crippen MR) is 54.0 cm³/mol. The normalized spacial score (nSPS) is 13.8. The third-order valence-corrected chi connectivity index (χ3v) is 1.49. The van der Waals surface area contributed by atoms with Crippen LogP contribution in [0.3, 0.4) is 0 Å². The van der Waals surface area contributed by atoms with Crippen LogP contribution >= 0.6 is 31.9 Å². The number of nitrogens with one attached hydrogen (secondary N) is 1. The Balaban J connectivity index is 3.56. The summed E-state index contributed by atoms with van der Waals surface area (Å²) in [4.78, 5) is 0. The van der Waals surface area contributed by atoms with Crippen molar-refractivity contribution in [3.63, 3.8) is 0 Å². The average Bonchev–Trinajstić information content (AvgIpc) is 1.57. The van der Waals surface area contributed by atoms with Crippen LogP contribution in [0, 0.1) is 0 Å². The molecule has 0 aliphatic heterocycles. The maximum Gasteiger partial charge on any atom is 0.0901 e. The predicted octanol–water partition coefficient (Wildman–Crippen LogP) is 2.88. The highest BCUT2D eigenvalue weighted by Gasteiger charge is 2.18. The Bertz CT molecular complexity index is 85.2. The molecule has 62 valence electrons. The minimum Gasteiger partial charge on any atom is -0.310 e. The summed E-state index contributed by atoms with van der Waals surface area (Å²) in [6, 6.07) is 0. The lowest BCUT2D eigenvalue weighted by molar-refractivity contribution is 0.426. The third kappa shape index (κ3) is 8.92. The molecule has 0 aromatic rings. The highest BCUT2D eigenvalue weighted by molar-refractivity contribution is 9.25. The quantitative estimate of drug-likeness (QED) is 0.763. The highest BCUT2D eigenvalue weighted by Crippen LogP contribution is 2.24.